The van der Waals surface area contributed by atoms with E-state index in [9.17, 15) is 23.0 Å². The fraction of sp³-hybridized carbons (Fsp3) is 0.276. The van der Waals surface area contributed by atoms with Gasteiger partial charge in [0.2, 0.25) is 0 Å². The van der Waals surface area contributed by atoms with Crippen molar-refractivity contribution in [1.29, 1.82) is 0 Å². The van der Waals surface area contributed by atoms with Crippen LogP contribution < -0.4 is 10.2 Å². The van der Waals surface area contributed by atoms with Crippen LogP contribution in [-0.2, 0) is 22.1 Å². The van der Waals surface area contributed by atoms with Gasteiger partial charge < -0.3 is 19.9 Å². The molecular formula is C29H28FN3O5S. The van der Waals surface area contributed by atoms with E-state index in [0.29, 0.717) is 64.7 Å². The van der Waals surface area contributed by atoms with E-state index in [4.69, 9.17) is 4.74 Å². The van der Waals surface area contributed by atoms with Crippen LogP contribution in [0.5, 0.6) is 0 Å². The number of fused-ring (bicyclic) bond motifs is 2. The molecule has 2 aliphatic rings. The normalized spacial score (nSPS) is 17.2. The molecule has 0 aliphatic carbocycles. The fourth-order valence-electron chi connectivity index (χ4n) is 4.82. The standard InChI is InChI=1S/C29H28FN3O5S/c1-2-38-29(36)32-15-13-22(14-16-32)31-27(34)20-9-12-26-24(17-20)33(18-19-7-10-21(30)11-8-19)28(35)23-5-3-4-6-25(23)39(26)37/h3-12,17,22H,2,13-16,18H2,1H3,(H,31,34)/t39-/m1/s1. The molecule has 1 fully saturated rings. The second-order valence-electron chi connectivity index (χ2n) is 9.40. The van der Waals surface area contributed by atoms with Gasteiger partial charge in [0.1, 0.15) is 5.82 Å². The molecule has 1 N–H and O–H groups in total. The lowest BCUT2D eigenvalue weighted by Gasteiger charge is -2.31. The van der Waals surface area contributed by atoms with Gasteiger partial charge >= 0.3 is 6.09 Å². The zero-order valence-corrected chi connectivity index (χ0v) is 22.2. The number of halogens is 1. The number of anilines is 1. The summed E-state index contributed by atoms with van der Waals surface area (Å²) < 4.78 is 32.2. The number of benzene rings is 3. The maximum Gasteiger partial charge on any atom is 0.409 e. The molecule has 0 saturated carbocycles. The van der Waals surface area contributed by atoms with E-state index in [2.05, 4.69) is 5.32 Å². The molecule has 0 bridgehead atoms. The third-order valence-corrected chi connectivity index (χ3v) is 8.38. The van der Waals surface area contributed by atoms with Gasteiger partial charge in [0.05, 0.1) is 45.0 Å². The summed E-state index contributed by atoms with van der Waals surface area (Å²) in [5, 5.41) is 3.02. The maximum atomic E-state index is 13.7. The van der Waals surface area contributed by atoms with Crippen molar-refractivity contribution in [2.24, 2.45) is 0 Å². The van der Waals surface area contributed by atoms with E-state index in [1.807, 2.05) is 0 Å². The number of piperidine rings is 1. The average Bonchev–Trinajstić information content (AvgIpc) is 3.04. The van der Waals surface area contributed by atoms with E-state index in [-0.39, 0.29) is 36.3 Å². The molecule has 3 aromatic rings. The number of ether oxygens (including phenoxy) is 1. The van der Waals surface area contributed by atoms with Gasteiger partial charge in [-0.3, -0.25) is 9.59 Å². The minimum absolute atomic E-state index is 0.106. The smallest absolute Gasteiger partial charge is 0.409 e. The number of hydrogen-bond acceptors (Lipinski definition) is 5. The number of carbonyl (C=O) groups excluding carboxylic acids is 3. The van der Waals surface area contributed by atoms with E-state index in [1.54, 1.807) is 66.4 Å². The maximum absolute atomic E-state index is 13.7. The molecule has 1 atom stereocenters. The summed E-state index contributed by atoms with van der Waals surface area (Å²) in [6, 6.07) is 17.3. The first kappa shape index (κ1) is 26.6. The van der Waals surface area contributed by atoms with Gasteiger partial charge in [0.15, 0.2) is 0 Å². The van der Waals surface area contributed by atoms with E-state index in [1.165, 1.54) is 17.0 Å². The minimum atomic E-state index is -1.65. The van der Waals surface area contributed by atoms with Crippen LogP contribution in [0.1, 0.15) is 46.0 Å². The summed E-state index contributed by atoms with van der Waals surface area (Å²) >= 11 is 0. The molecule has 0 spiro atoms. The van der Waals surface area contributed by atoms with Crippen LogP contribution in [0.4, 0.5) is 14.9 Å². The highest BCUT2D eigenvalue weighted by Crippen LogP contribution is 2.36. The Morgan fingerprint density at radius 2 is 1.74 bits per heavy atom. The summed E-state index contributed by atoms with van der Waals surface area (Å²) in [7, 11) is -1.65. The second-order valence-corrected chi connectivity index (χ2v) is 10.8. The zero-order chi connectivity index (χ0) is 27.5. The number of carbonyl (C=O) groups is 3. The first-order chi connectivity index (χ1) is 18.9. The highest BCUT2D eigenvalue weighted by molar-refractivity contribution is 7.85. The summed E-state index contributed by atoms with van der Waals surface area (Å²) in [6.07, 6.45) is 0.821. The van der Waals surface area contributed by atoms with Crippen molar-refractivity contribution in [2.75, 3.05) is 24.6 Å². The molecule has 39 heavy (non-hydrogen) atoms. The number of rotatable bonds is 5. The van der Waals surface area contributed by atoms with Gasteiger partial charge in [-0.2, -0.15) is 0 Å². The molecule has 0 aromatic heterocycles. The molecule has 0 radical (unpaired) electrons. The summed E-state index contributed by atoms with van der Waals surface area (Å²) in [6.45, 7) is 3.13. The number of amides is 3. The Morgan fingerprint density at radius 3 is 2.46 bits per heavy atom. The first-order valence-corrected chi connectivity index (χ1v) is 13.9. The van der Waals surface area contributed by atoms with Crippen LogP contribution in [0.25, 0.3) is 0 Å². The number of nitrogens with one attached hydrogen (secondary N) is 1. The highest BCUT2D eigenvalue weighted by atomic mass is 32.2. The van der Waals surface area contributed by atoms with Crippen molar-refractivity contribution in [1.82, 2.24) is 10.2 Å². The summed E-state index contributed by atoms with van der Waals surface area (Å²) in [4.78, 5) is 42.9. The van der Waals surface area contributed by atoms with E-state index < -0.39 is 10.8 Å². The SMILES string of the molecule is CCOC(=O)N1CCC(NC(=O)c2ccc3c(c2)N(Cc2ccc(F)cc2)C(=O)c2ccccc2[S@]3=O)CC1. The summed E-state index contributed by atoms with van der Waals surface area (Å²) in [5.74, 6) is -1.07. The topological polar surface area (TPSA) is 96.0 Å². The Labute approximate surface area is 228 Å². The molecular weight excluding hydrogens is 521 g/mol. The molecule has 0 unspecified atom stereocenters. The molecule has 2 heterocycles. The predicted molar refractivity (Wildman–Crippen MR) is 144 cm³/mol. The average molecular weight is 550 g/mol. The van der Waals surface area contributed by atoms with Gasteiger partial charge in [0, 0.05) is 24.7 Å². The zero-order valence-electron chi connectivity index (χ0n) is 21.4. The number of likely N-dealkylation sites (tertiary alicyclic amines) is 1. The molecule has 1 saturated heterocycles. The molecule has 2 aliphatic heterocycles. The Balaban J connectivity index is 1.42. The van der Waals surface area contributed by atoms with Crippen molar-refractivity contribution >= 4 is 34.4 Å². The molecule has 10 heteroatoms. The highest BCUT2D eigenvalue weighted by Gasteiger charge is 2.32. The lowest BCUT2D eigenvalue weighted by atomic mass is 10.0. The van der Waals surface area contributed by atoms with Crippen molar-refractivity contribution in [3.8, 4) is 0 Å². The largest absolute Gasteiger partial charge is 0.450 e. The predicted octanol–water partition coefficient (Wildman–Crippen LogP) is 4.50. The van der Waals surface area contributed by atoms with E-state index >= 15 is 0 Å². The number of hydrogen-bond donors (Lipinski definition) is 1. The summed E-state index contributed by atoms with van der Waals surface area (Å²) in [5.41, 5.74) is 1.68. The van der Waals surface area contributed by atoms with Gasteiger partial charge in [-0.05, 0) is 67.8 Å². The van der Waals surface area contributed by atoms with Crippen LogP contribution in [0, 0.1) is 5.82 Å². The monoisotopic (exact) mass is 549 g/mol. The van der Waals surface area contributed by atoms with Crippen molar-refractivity contribution < 1.29 is 27.7 Å². The van der Waals surface area contributed by atoms with Crippen LogP contribution in [0.2, 0.25) is 0 Å². The van der Waals surface area contributed by atoms with Gasteiger partial charge in [-0.1, -0.05) is 24.3 Å². The number of nitrogens with zero attached hydrogens (tertiary/aromatic N) is 2. The third-order valence-electron chi connectivity index (χ3n) is 6.88. The van der Waals surface area contributed by atoms with Crippen molar-refractivity contribution in [3.05, 3.63) is 89.2 Å². The van der Waals surface area contributed by atoms with Crippen LogP contribution >= 0.6 is 0 Å². The molecule has 202 valence electrons. The van der Waals surface area contributed by atoms with Gasteiger partial charge in [-0.15, -0.1) is 0 Å². The second kappa shape index (κ2) is 11.4. The quantitative estimate of drug-likeness (QED) is 0.506. The van der Waals surface area contributed by atoms with E-state index in [0.717, 1.165) is 0 Å². The lowest BCUT2D eigenvalue weighted by Crippen LogP contribution is -2.46. The first-order valence-electron chi connectivity index (χ1n) is 12.8. The Hall–Kier alpha value is -4.05. The van der Waals surface area contributed by atoms with Gasteiger partial charge in [0.25, 0.3) is 11.8 Å². The Morgan fingerprint density at radius 1 is 1.03 bits per heavy atom. The molecule has 8 nitrogen and oxygen atoms in total. The third kappa shape index (κ3) is 5.56. The van der Waals surface area contributed by atoms with Gasteiger partial charge in [-0.25, -0.2) is 13.4 Å². The van der Waals surface area contributed by atoms with Crippen LogP contribution in [0.15, 0.2) is 76.5 Å². The Kier molecular flexibility index (Phi) is 7.74. The molecule has 5 rings (SSSR count). The fourth-order valence-corrected chi connectivity index (χ4v) is 6.17. The van der Waals surface area contributed by atoms with Crippen molar-refractivity contribution in [2.45, 2.75) is 42.1 Å². The van der Waals surface area contributed by atoms with Crippen LogP contribution in [-0.4, -0.2) is 52.8 Å². The molecule has 3 amide bonds. The minimum Gasteiger partial charge on any atom is -0.450 e. The lowest BCUT2D eigenvalue weighted by molar-refractivity contribution is 0.0858. The van der Waals surface area contributed by atoms with Crippen molar-refractivity contribution in [3.63, 3.8) is 0 Å². The van der Waals surface area contributed by atoms with Crippen LogP contribution in [0.3, 0.4) is 0 Å². The Bertz CT molecular complexity index is 1440. The molecule has 3 aromatic carbocycles.